The molecule has 6 rings (SSSR count). The molecule has 1 N–H and O–H groups in total. The van der Waals surface area contributed by atoms with Crippen LogP contribution in [0, 0.1) is 6.92 Å². The first-order valence-corrected chi connectivity index (χ1v) is 12.9. The summed E-state index contributed by atoms with van der Waals surface area (Å²) in [6.45, 7) is 1.88. The summed E-state index contributed by atoms with van der Waals surface area (Å²) in [6, 6.07) is 25.4. The van der Waals surface area contributed by atoms with Crippen LogP contribution in [0.1, 0.15) is 16.7 Å². The van der Waals surface area contributed by atoms with Crippen LogP contribution in [0.3, 0.4) is 0 Å². The second kappa shape index (κ2) is 8.46. The number of carbonyl (C=O) groups excluding carboxylic acids is 2. The summed E-state index contributed by atoms with van der Waals surface area (Å²) in [5.41, 5.74) is 3.27. The molecule has 4 aromatic carbocycles. The Hall–Kier alpha value is -4.69. The molecule has 7 nitrogen and oxygen atoms in total. The second-order valence-electron chi connectivity index (χ2n) is 8.74. The summed E-state index contributed by atoms with van der Waals surface area (Å²) in [4.78, 5) is 25.6. The van der Waals surface area contributed by atoms with E-state index in [1.807, 2.05) is 37.3 Å². The van der Waals surface area contributed by atoms with Crippen molar-refractivity contribution in [2.24, 2.45) is 0 Å². The van der Waals surface area contributed by atoms with Crippen LogP contribution < -0.4 is 24.6 Å². The van der Waals surface area contributed by atoms with Gasteiger partial charge in [-0.05, 0) is 54.4 Å². The first-order chi connectivity index (χ1) is 17.8. The van der Waals surface area contributed by atoms with Crippen LogP contribution in [-0.4, -0.2) is 20.4 Å². The SMILES string of the molecule is Cc1ccc(S(=O)(=O)Nc2ccc(C3=c4cc5c(cc4OC3=O)=C(c3ccccc3)C(=O)O5)cc2)cc1. The van der Waals surface area contributed by atoms with Crippen molar-refractivity contribution in [3.63, 3.8) is 0 Å². The molecule has 2 aliphatic rings. The number of sulfonamides is 1. The lowest BCUT2D eigenvalue weighted by Crippen LogP contribution is -2.13. The van der Waals surface area contributed by atoms with Crippen LogP contribution in [0.2, 0.25) is 0 Å². The van der Waals surface area contributed by atoms with E-state index in [1.54, 1.807) is 60.7 Å². The third kappa shape index (κ3) is 3.97. The molecule has 0 unspecified atom stereocenters. The summed E-state index contributed by atoms with van der Waals surface area (Å²) in [6.07, 6.45) is 0. The third-order valence-corrected chi connectivity index (χ3v) is 7.65. The van der Waals surface area contributed by atoms with Crippen LogP contribution in [0.25, 0.3) is 11.1 Å². The fraction of sp³-hybridized carbons (Fsp3) is 0.0345. The van der Waals surface area contributed by atoms with Gasteiger partial charge < -0.3 is 9.47 Å². The van der Waals surface area contributed by atoms with Crippen molar-refractivity contribution in [3.8, 4) is 11.5 Å². The van der Waals surface area contributed by atoms with E-state index >= 15 is 0 Å². The number of hydrogen-bond donors (Lipinski definition) is 1. The topological polar surface area (TPSA) is 98.8 Å². The lowest BCUT2D eigenvalue weighted by molar-refractivity contribution is -0.128. The number of esters is 2. The second-order valence-corrected chi connectivity index (χ2v) is 10.4. The predicted molar refractivity (Wildman–Crippen MR) is 137 cm³/mol. The number of nitrogens with one attached hydrogen (secondary N) is 1. The molecule has 0 radical (unpaired) electrons. The predicted octanol–water partition coefficient (Wildman–Crippen LogP) is 3.03. The quantitative estimate of drug-likeness (QED) is 0.328. The van der Waals surface area contributed by atoms with Crippen LogP contribution in [0.5, 0.6) is 11.5 Å². The van der Waals surface area contributed by atoms with Gasteiger partial charge in [-0.3, -0.25) is 4.72 Å². The number of anilines is 1. The van der Waals surface area contributed by atoms with Gasteiger partial charge in [-0.2, -0.15) is 0 Å². The van der Waals surface area contributed by atoms with E-state index in [-0.39, 0.29) is 4.90 Å². The van der Waals surface area contributed by atoms with Gasteiger partial charge >= 0.3 is 11.9 Å². The van der Waals surface area contributed by atoms with E-state index in [1.165, 1.54) is 0 Å². The molecule has 2 heterocycles. The number of fused-ring (bicyclic) bond motifs is 2. The maximum absolute atomic E-state index is 12.8. The molecule has 8 heteroatoms. The molecular formula is C29H19NO6S. The van der Waals surface area contributed by atoms with Crippen molar-refractivity contribution in [2.45, 2.75) is 11.8 Å². The minimum absolute atomic E-state index is 0.153. The van der Waals surface area contributed by atoms with Crippen molar-refractivity contribution in [1.29, 1.82) is 0 Å². The van der Waals surface area contributed by atoms with E-state index in [4.69, 9.17) is 9.47 Å². The normalized spacial score (nSPS) is 14.2. The molecule has 0 aliphatic carbocycles. The lowest BCUT2D eigenvalue weighted by Gasteiger charge is -2.09. The number of aryl methyl sites for hydroxylation is 1. The molecule has 4 aromatic rings. The maximum atomic E-state index is 12.8. The zero-order chi connectivity index (χ0) is 25.7. The molecular weight excluding hydrogens is 490 g/mol. The van der Waals surface area contributed by atoms with Gasteiger partial charge in [0.05, 0.1) is 16.0 Å². The first kappa shape index (κ1) is 22.8. The Kier molecular flexibility index (Phi) is 5.20. The highest BCUT2D eigenvalue weighted by atomic mass is 32.2. The largest absolute Gasteiger partial charge is 0.422 e. The van der Waals surface area contributed by atoms with Gasteiger partial charge in [-0.15, -0.1) is 0 Å². The molecule has 0 saturated heterocycles. The fourth-order valence-corrected chi connectivity index (χ4v) is 5.49. The van der Waals surface area contributed by atoms with E-state index in [0.29, 0.717) is 49.9 Å². The Bertz CT molecular complexity index is 1830. The van der Waals surface area contributed by atoms with Crippen molar-refractivity contribution >= 4 is 38.8 Å². The highest BCUT2D eigenvalue weighted by molar-refractivity contribution is 7.92. The molecule has 0 atom stereocenters. The summed E-state index contributed by atoms with van der Waals surface area (Å²) in [5.74, 6) is -0.335. The highest BCUT2D eigenvalue weighted by Gasteiger charge is 2.30. The van der Waals surface area contributed by atoms with Gasteiger partial charge in [0.15, 0.2) is 0 Å². The number of carbonyl (C=O) groups is 2. The lowest BCUT2D eigenvalue weighted by atomic mass is 10.0. The zero-order valence-electron chi connectivity index (χ0n) is 19.5. The number of hydrogen-bond acceptors (Lipinski definition) is 6. The Morgan fingerprint density at radius 2 is 1.16 bits per heavy atom. The van der Waals surface area contributed by atoms with Crippen LogP contribution >= 0.6 is 0 Å². The molecule has 0 spiro atoms. The summed E-state index contributed by atoms with van der Waals surface area (Å²) in [7, 11) is -3.76. The Morgan fingerprint density at radius 3 is 1.70 bits per heavy atom. The summed E-state index contributed by atoms with van der Waals surface area (Å²) in [5, 5.41) is 1.06. The van der Waals surface area contributed by atoms with Crippen molar-refractivity contribution in [3.05, 3.63) is 118 Å². The van der Waals surface area contributed by atoms with Crippen LogP contribution in [0.15, 0.2) is 95.9 Å². The molecule has 0 fully saturated rings. The van der Waals surface area contributed by atoms with Gasteiger partial charge in [0, 0.05) is 16.1 Å². The molecule has 0 bridgehead atoms. The summed E-state index contributed by atoms with van der Waals surface area (Å²) < 4.78 is 39.0. The minimum atomic E-state index is -3.76. The fourth-order valence-electron chi connectivity index (χ4n) is 4.43. The summed E-state index contributed by atoms with van der Waals surface area (Å²) >= 11 is 0. The molecule has 0 aromatic heterocycles. The van der Waals surface area contributed by atoms with Gasteiger partial charge in [0.1, 0.15) is 11.5 Å². The monoisotopic (exact) mass is 509 g/mol. The molecule has 37 heavy (non-hydrogen) atoms. The third-order valence-electron chi connectivity index (χ3n) is 6.25. The van der Waals surface area contributed by atoms with Gasteiger partial charge in [-0.1, -0.05) is 60.2 Å². The average Bonchev–Trinajstić information content (AvgIpc) is 3.37. The van der Waals surface area contributed by atoms with E-state index < -0.39 is 22.0 Å². The van der Waals surface area contributed by atoms with Gasteiger partial charge in [0.25, 0.3) is 10.0 Å². The minimum Gasteiger partial charge on any atom is -0.422 e. The van der Waals surface area contributed by atoms with E-state index in [2.05, 4.69) is 4.72 Å². The number of benzene rings is 4. The van der Waals surface area contributed by atoms with Crippen LogP contribution in [-0.2, 0) is 19.6 Å². The molecule has 0 amide bonds. The van der Waals surface area contributed by atoms with E-state index in [9.17, 15) is 18.0 Å². The number of ether oxygens (including phenoxy) is 2. The Morgan fingerprint density at radius 1 is 0.649 bits per heavy atom. The Balaban J connectivity index is 1.38. The highest BCUT2D eigenvalue weighted by Crippen LogP contribution is 2.28. The molecule has 2 aliphatic heterocycles. The Labute approximate surface area is 212 Å². The number of rotatable bonds is 5. The van der Waals surface area contributed by atoms with Crippen LogP contribution in [0.4, 0.5) is 5.69 Å². The zero-order valence-corrected chi connectivity index (χ0v) is 20.3. The smallest absolute Gasteiger partial charge is 0.344 e. The maximum Gasteiger partial charge on any atom is 0.344 e. The molecule has 182 valence electrons. The van der Waals surface area contributed by atoms with E-state index in [0.717, 1.165) is 5.56 Å². The standard InChI is InChI=1S/C29H19NO6S/c1-17-7-13-21(14-8-17)37(33,34)30-20-11-9-19(10-12-20)27-23-16-24-22(15-25(23)36-29(27)32)26(28(31)35-24)18-5-3-2-4-6-18/h2-16,30H,1H3. The van der Waals surface area contributed by atoms with Crippen molar-refractivity contribution < 1.29 is 27.5 Å². The van der Waals surface area contributed by atoms with Crippen molar-refractivity contribution in [1.82, 2.24) is 0 Å². The average molecular weight is 510 g/mol. The molecule has 0 saturated carbocycles. The first-order valence-electron chi connectivity index (χ1n) is 11.4. The van der Waals surface area contributed by atoms with Gasteiger partial charge in [0.2, 0.25) is 0 Å². The van der Waals surface area contributed by atoms with Crippen molar-refractivity contribution in [2.75, 3.05) is 4.72 Å². The van der Waals surface area contributed by atoms with Gasteiger partial charge in [-0.25, -0.2) is 18.0 Å².